The zero-order valence-corrected chi connectivity index (χ0v) is 10.9. The number of anilines is 1. The van der Waals surface area contributed by atoms with Crippen LogP contribution in [0.3, 0.4) is 0 Å². The van der Waals surface area contributed by atoms with Crippen LogP contribution < -0.4 is 16.8 Å². The largest absolute Gasteiger partial charge is 0.377 e. The number of hydrogen-bond donors (Lipinski definition) is 3. The zero-order chi connectivity index (χ0) is 14.3. The number of nitrogens with two attached hydrogens (primary N) is 2. The van der Waals surface area contributed by atoms with Crippen molar-refractivity contribution >= 4 is 17.5 Å². The highest BCUT2D eigenvalue weighted by Crippen LogP contribution is 2.16. The summed E-state index contributed by atoms with van der Waals surface area (Å²) < 4.78 is 5.31. The molecule has 1 unspecified atom stereocenters. The van der Waals surface area contributed by atoms with E-state index in [4.69, 9.17) is 16.2 Å². The smallest absolute Gasteiger partial charge is 0.241 e. The highest BCUT2D eigenvalue weighted by atomic mass is 16.5. The van der Waals surface area contributed by atoms with Crippen LogP contribution in [0.5, 0.6) is 0 Å². The zero-order valence-electron chi connectivity index (χ0n) is 10.9. The van der Waals surface area contributed by atoms with Gasteiger partial charge < -0.3 is 21.5 Å². The van der Waals surface area contributed by atoms with E-state index in [-0.39, 0.29) is 6.42 Å². The van der Waals surface area contributed by atoms with Crippen molar-refractivity contribution in [2.24, 2.45) is 11.5 Å². The summed E-state index contributed by atoms with van der Waals surface area (Å²) >= 11 is 0. The van der Waals surface area contributed by atoms with Gasteiger partial charge in [-0.05, 0) is 13.0 Å². The summed E-state index contributed by atoms with van der Waals surface area (Å²) in [5.74, 6) is -1.05. The molecule has 0 aromatic heterocycles. The Labute approximate surface area is 112 Å². The normalized spacial score (nSPS) is 11.9. The van der Waals surface area contributed by atoms with Crippen molar-refractivity contribution in [3.63, 3.8) is 0 Å². The molecular formula is C13H19N3O3. The maximum atomic E-state index is 11.8. The highest BCUT2D eigenvalue weighted by molar-refractivity contribution is 5.97. The molecule has 1 aromatic carbocycles. The van der Waals surface area contributed by atoms with Crippen molar-refractivity contribution in [1.82, 2.24) is 0 Å². The van der Waals surface area contributed by atoms with E-state index in [2.05, 4.69) is 5.32 Å². The van der Waals surface area contributed by atoms with Gasteiger partial charge in [-0.25, -0.2) is 0 Å². The van der Waals surface area contributed by atoms with Gasteiger partial charge >= 0.3 is 0 Å². The Morgan fingerprint density at radius 3 is 2.68 bits per heavy atom. The second-order valence-electron chi connectivity index (χ2n) is 4.06. The molecule has 0 spiro atoms. The quantitative estimate of drug-likeness (QED) is 0.661. The fourth-order valence-electron chi connectivity index (χ4n) is 1.52. The number of primary amides is 1. The molecule has 0 saturated carbocycles. The third-order valence-electron chi connectivity index (χ3n) is 2.49. The average molecular weight is 265 g/mol. The Hall–Kier alpha value is -1.92. The van der Waals surface area contributed by atoms with Gasteiger partial charge in [0.2, 0.25) is 11.8 Å². The topological polar surface area (TPSA) is 107 Å². The molecule has 1 atom stereocenters. The number of hydrogen-bond acceptors (Lipinski definition) is 4. The van der Waals surface area contributed by atoms with Crippen LogP contribution in [0.2, 0.25) is 0 Å². The molecule has 0 aliphatic heterocycles. The summed E-state index contributed by atoms with van der Waals surface area (Å²) in [5, 5.41) is 2.67. The first-order chi connectivity index (χ1) is 9.04. The van der Waals surface area contributed by atoms with Crippen LogP contribution in [-0.4, -0.2) is 24.5 Å². The summed E-state index contributed by atoms with van der Waals surface area (Å²) in [4.78, 5) is 22.5. The monoisotopic (exact) mass is 265 g/mol. The van der Waals surface area contributed by atoms with Crippen molar-refractivity contribution in [2.45, 2.75) is 26.0 Å². The minimum atomic E-state index is -0.947. The predicted molar refractivity (Wildman–Crippen MR) is 72.2 cm³/mol. The van der Waals surface area contributed by atoms with E-state index in [9.17, 15) is 9.59 Å². The fraction of sp³-hybridized carbons (Fsp3) is 0.385. The second kappa shape index (κ2) is 7.50. The number of amides is 2. The minimum absolute atomic E-state index is 0.181. The van der Waals surface area contributed by atoms with E-state index in [1.165, 1.54) is 0 Å². The molecule has 0 saturated heterocycles. The number of carbonyl (C=O) groups excluding carboxylic acids is 2. The third kappa shape index (κ3) is 5.07. The van der Waals surface area contributed by atoms with Gasteiger partial charge in [0, 0.05) is 17.9 Å². The van der Waals surface area contributed by atoms with Crippen LogP contribution in [0, 0.1) is 0 Å². The van der Waals surface area contributed by atoms with E-state index < -0.39 is 17.9 Å². The van der Waals surface area contributed by atoms with Crippen LogP contribution in [-0.2, 0) is 20.9 Å². The van der Waals surface area contributed by atoms with Gasteiger partial charge in [0.1, 0.15) is 0 Å². The van der Waals surface area contributed by atoms with E-state index in [0.29, 0.717) is 18.9 Å². The summed E-state index contributed by atoms with van der Waals surface area (Å²) in [6.45, 7) is 2.88. The van der Waals surface area contributed by atoms with E-state index in [1.807, 2.05) is 19.1 Å². The summed E-state index contributed by atoms with van der Waals surface area (Å²) in [6.07, 6.45) is -0.181. The lowest BCUT2D eigenvalue weighted by atomic mass is 10.1. The Morgan fingerprint density at radius 1 is 1.37 bits per heavy atom. The van der Waals surface area contributed by atoms with Gasteiger partial charge in [-0.15, -0.1) is 0 Å². The first-order valence-corrected chi connectivity index (χ1v) is 6.05. The third-order valence-corrected chi connectivity index (χ3v) is 2.49. The van der Waals surface area contributed by atoms with Crippen molar-refractivity contribution in [1.29, 1.82) is 0 Å². The minimum Gasteiger partial charge on any atom is -0.377 e. The van der Waals surface area contributed by atoms with Crippen molar-refractivity contribution in [3.05, 3.63) is 29.8 Å². The molecule has 0 aliphatic rings. The molecule has 0 bridgehead atoms. The molecule has 0 radical (unpaired) electrons. The van der Waals surface area contributed by atoms with Crippen LogP contribution in [0.4, 0.5) is 5.69 Å². The van der Waals surface area contributed by atoms with Gasteiger partial charge in [-0.2, -0.15) is 0 Å². The molecule has 0 heterocycles. The Balaban J connectivity index is 2.70. The van der Waals surface area contributed by atoms with Crippen molar-refractivity contribution in [2.75, 3.05) is 11.9 Å². The molecule has 104 valence electrons. The predicted octanol–water partition coefficient (Wildman–Crippen LogP) is 0.364. The Morgan fingerprint density at radius 2 is 2.05 bits per heavy atom. The summed E-state index contributed by atoms with van der Waals surface area (Å²) in [5.41, 5.74) is 12.1. The molecular weight excluding hydrogens is 246 g/mol. The molecule has 1 rings (SSSR count). The summed E-state index contributed by atoms with van der Waals surface area (Å²) in [7, 11) is 0. The molecule has 5 N–H and O–H groups in total. The average Bonchev–Trinajstić information content (AvgIpc) is 2.36. The van der Waals surface area contributed by atoms with Crippen LogP contribution in [0.1, 0.15) is 18.9 Å². The van der Waals surface area contributed by atoms with Gasteiger partial charge in [-0.1, -0.05) is 18.2 Å². The van der Waals surface area contributed by atoms with E-state index in [1.54, 1.807) is 12.1 Å². The molecule has 6 heteroatoms. The van der Waals surface area contributed by atoms with E-state index in [0.717, 1.165) is 5.56 Å². The van der Waals surface area contributed by atoms with Crippen molar-refractivity contribution < 1.29 is 14.3 Å². The van der Waals surface area contributed by atoms with Gasteiger partial charge in [0.25, 0.3) is 0 Å². The maximum Gasteiger partial charge on any atom is 0.241 e. The van der Waals surface area contributed by atoms with Gasteiger partial charge in [0.05, 0.1) is 19.1 Å². The lowest BCUT2D eigenvalue weighted by Crippen LogP contribution is -2.39. The molecule has 0 aliphatic carbocycles. The molecule has 0 fully saturated rings. The molecule has 19 heavy (non-hydrogen) atoms. The SMILES string of the molecule is CCOCc1ccccc1NC(=O)C(N)CC(N)=O. The van der Waals surface area contributed by atoms with Gasteiger partial charge in [0.15, 0.2) is 0 Å². The molecule has 6 nitrogen and oxygen atoms in total. The standard InChI is InChI=1S/C13H19N3O3/c1-2-19-8-9-5-3-4-6-11(9)16-13(18)10(14)7-12(15)17/h3-6,10H,2,7-8,14H2,1H3,(H2,15,17)(H,16,18). The number of nitrogens with one attached hydrogen (secondary N) is 1. The number of carbonyl (C=O) groups is 2. The highest BCUT2D eigenvalue weighted by Gasteiger charge is 2.17. The fourth-order valence-corrected chi connectivity index (χ4v) is 1.52. The molecule has 1 aromatic rings. The maximum absolute atomic E-state index is 11.8. The van der Waals surface area contributed by atoms with Gasteiger partial charge in [-0.3, -0.25) is 9.59 Å². The van der Waals surface area contributed by atoms with Crippen molar-refractivity contribution in [3.8, 4) is 0 Å². The number of benzene rings is 1. The Kier molecular flexibility index (Phi) is 5.98. The van der Waals surface area contributed by atoms with Crippen LogP contribution in [0.15, 0.2) is 24.3 Å². The molecule has 2 amide bonds. The van der Waals surface area contributed by atoms with Crippen LogP contribution >= 0.6 is 0 Å². The van der Waals surface area contributed by atoms with E-state index >= 15 is 0 Å². The lowest BCUT2D eigenvalue weighted by molar-refractivity contribution is -0.123. The number of ether oxygens (including phenoxy) is 1. The number of rotatable bonds is 7. The Bertz CT molecular complexity index is 449. The number of para-hydroxylation sites is 1. The van der Waals surface area contributed by atoms with Crippen LogP contribution in [0.25, 0.3) is 0 Å². The first-order valence-electron chi connectivity index (χ1n) is 6.05. The second-order valence-corrected chi connectivity index (χ2v) is 4.06. The summed E-state index contributed by atoms with van der Waals surface area (Å²) in [6, 6.07) is 6.31. The lowest BCUT2D eigenvalue weighted by Gasteiger charge is -2.14. The first kappa shape index (κ1) is 15.1.